The fraction of sp³-hybridized carbons (Fsp3) is 0.312. The SMILES string of the molecule is CCn1cc(NC(=O)[C@@]2(C)Oc3ccc(C)cc3NC2=O)cn1. The van der Waals surface area contributed by atoms with Gasteiger partial charge in [-0.1, -0.05) is 6.07 Å². The number of benzene rings is 1. The number of carbonyl (C=O) groups is 2. The van der Waals surface area contributed by atoms with Crippen molar-refractivity contribution in [1.82, 2.24) is 9.78 Å². The summed E-state index contributed by atoms with van der Waals surface area (Å²) in [6.07, 6.45) is 3.22. The van der Waals surface area contributed by atoms with Crippen molar-refractivity contribution in [2.24, 2.45) is 0 Å². The number of aromatic nitrogens is 2. The summed E-state index contributed by atoms with van der Waals surface area (Å²) >= 11 is 0. The van der Waals surface area contributed by atoms with E-state index >= 15 is 0 Å². The number of nitrogens with one attached hydrogen (secondary N) is 2. The Morgan fingerprint density at radius 2 is 2.26 bits per heavy atom. The minimum atomic E-state index is -1.64. The van der Waals surface area contributed by atoms with Gasteiger partial charge in [-0.2, -0.15) is 5.10 Å². The highest BCUT2D eigenvalue weighted by atomic mass is 16.5. The van der Waals surface area contributed by atoms with Gasteiger partial charge in [0, 0.05) is 12.7 Å². The largest absolute Gasteiger partial charge is 0.466 e. The van der Waals surface area contributed by atoms with Gasteiger partial charge in [0.15, 0.2) is 0 Å². The lowest BCUT2D eigenvalue weighted by Gasteiger charge is -2.33. The monoisotopic (exact) mass is 314 g/mol. The van der Waals surface area contributed by atoms with Crippen LogP contribution in [0.15, 0.2) is 30.6 Å². The fourth-order valence-corrected chi connectivity index (χ4v) is 2.34. The Morgan fingerprint density at radius 1 is 1.48 bits per heavy atom. The standard InChI is InChI=1S/C16H18N4O3/c1-4-20-9-11(8-17-20)18-14(21)16(3)15(22)19-12-7-10(2)5-6-13(12)23-16/h5-9H,4H2,1-3H3,(H,18,21)(H,19,22)/t16-/m1/s1. The van der Waals surface area contributed by atoms with E-state index in [0.29, 0.717) is 23.7 Å². The summed E-state index contributed by atoms with van der Waals surface area (Å²) < 4.78 is 7.38. The van der Waals surface area contributed by atoms with Crippen molar-refractivity contribution in [3.8, 4) is 5.75 Å². The zero-order valence-electron chi connectivity index (χ0n) is 13.2. The first-order chi connectivity index (χ1) is 10.9. The second kappa shape index (κ2) is 5.42. The molecule has 1 aliphatic heterocycles. The van der Waals surface area contributed by atoms with E-state index in [1.165, 1.54) is 13.1 Å². The van der Waals surface area contributed by atoms with Crippen molar-refractivity contribution in [3.05, 3.63) is 36.2 Å². The van der Waals surface area contributed by atoms with Gasteiger partial charge in [-0.25, -0.2) is 0 Å². The first kappa shape index (κ1) is 15.1. The van der Waals surface area contributed by atoms with E-state index in [1.54, 1.807) is 23.0 Å². The number of nitrogens with zero attached hydrogens (tertiary/aromatic N) is 2. The Balaban J connectivity index is 1.84. The van der Waals surface area contributed by atoms with E-state index in [0.717, 1.165) is 5.56 Å². The summed E-state index contributed by atoms with van der Waals surface area (Å²) in [5, 5.41) is 9.48. The molecule has 0 aliphatic carbocycles. The van der Waals surface area contributed by atoms with E-state index in [-0.39, 0.29) is 0 Å². The number of ether oxygens (including phenoxy) is 1. The average molecular weight is 314 g/mol. The Bertz CT molecular complexity index is 783. The molecule has 3 rings (SSSR count). The lowest BCUT2D eigenvalue weighted by Crippen LogP contribution is -2.56. The zero-order chi connectivity index (χ0) is 16.6. The van der Waals surface area contributed by atoms with Crippen molar-refractivity contribution in [2.75, 3.05) is 10.6 Å². The number of hydrogen-bond donors (Lipinski definition) is 2. The third-order valence-corrected chi connectivity index (χ3v) is 3.78. The molecule has 23 heavy (non-hydrogen) atoms. The van der Waals surface area contributed by atoms with Gasteiger partial charge in [0.1, 0.15) is 5.75 Å². The minimum Gasteiger partial charge on any atom is -0.466 e. The van der Waals surface area contributed by atoms with Crippen LogP contribution in [-0.4, -0.2) is 27.2 Å². The van der Waals surface area contributed by atoms with Gasteiger partial charge in [0.25, 0.3) is 17.4 Å². The number of fused-ring (bicyclic) bond motifs is 1. The molecular formula is C16H18N4O3. The van der Waals surface area contributed by atoms with E-state index in [1.807, 2.05) is 19.9 Å². The van der Waals surface area contributed by atoms with Crippen LogP contribution in [0.5, 0.6) is 5.75 Å². The van der Waals surface area contributed by atoms with Crippen LogP contribution >= 0.6 is 0 Å². The molecule has 1 aliphatic rings. The maximum Gasteiger partial charge on any atom is 0.278 e. The number of amides is 2. The van der Waals surface area contributed by atoms with Gasteiger partial charge in [-0.05, 0) is 38.5 Å². The molecule has 0 saturated carbocycles. The summed E-state index contributed by atoms with van der Waals surface area (Å²) in [6, 6.07) is 5.40. The molecule has 0 unspecified atom stereocenters. The molecule has 2 amide bonds. The molecule has 0 bridgehead atoms. The minimum absolute atomic E-state index is 0.470. The van der Waals surface area contributed by atoms with Crippen molar-refractivity contribution in [1.29, 1.82) is 0 Å². The molecule has 7 heteroatoms. The van der Waals surface area contributed by atoms with Gasteiger partial charge < -0.3 is 15.4 Å². The van der Waals surface area contributed by atoms with Crippen LogP contribution in [0, 0.1) is 6.92 Å². The topological polar surface area (TPSA) is 85.3 Å². The number of rotatable bonds is 3. The number of hydrogen-bond acceptors (Lipinski definition) is 4. The molecule has 0 fully saturated rings. The fourth-order valence-electron chi connectivity index (χ4n) is 2.34. The highest BCUT2D eigenvalue weighted by Gasteiger charge is 2.47. The van der Waals surface area contributed by atoms with Crippen molar-refractivity contribution >= 4 is 23.2 Å². The molecule has 120 valence electrons. The van der Waals surface area contributed by atoms with Crippen LogP contribution in [0.1, 0.15) is 19.4 Å². The van der Waals surface area contributed by atoms with Crippen molar-refractivity contribution < 1.29 is 14.3 Å². The van der Waals surface area contributed by atoms with E-state index < -0.39 is 17.4 Å². The third-order valence-electron chi connectivity index (χ3n) is 3.78. The van der Waals surface area contributed by atoms with E-state index in [2.05, 4.69) is 15.7 Å². The normalized spacial score (nSPS) is 19.5. The zero-order valence-corrected chi connectivity index (χ0v) is 13.2. The Kier molecular flexibility index (Phi) is 3.55. The molecule has 1 atom stereocenters. The van der Waals surface area contributed by atoms with Crippen molar-refractivity contribution in [3.63, 3.8) is 0 Å². The molecular weight excluding hydrogens is 296 g/mol. The molecule has 2 heterocycles. The van der Waals surface area contributed by atoms with Crippen LogP contribution in [0.2, 0.25) is 0 Å². The number of anilines is 2. The molecule has 1 aromatic heterocycles. The first-order valence-electron chi connectivity index (χ1n) is 7.37. The smallest absolute Gasteiger partial charge is 0.278 e. The number of aryl methyl sites for hydroxylation is 2. The van der Waals surface area contributed by atoms with Crippen LogP contribution in [0.3, 0.4) is 0 Å². The summed E-state index contributed by atoms with van der Waals surface area (Å²) in [5.41, 5.74) is 0.437. The van der Waals surface area contributed by atoms with Gasteiger partial charge in [0.2, 0.25) is 0 Å². The molecule has 2 N–H and O–H groups in total. The summed E-state index contributed by atoms with van der Waals surface area (Å²) in [7, 11) is 0. The van der Waals surface area contributed by atoms with Crippen LogP contribution < -0.4 is 15.4 Å². The van der Waals surface area contributed by atoms with Gasteiger partial charge in [-0.15, -0.1) is 0 Å². The lowest BCUT2D eigenvalue weighted by molar-refractivity contribution is -0.143. The van der Waals surface area contributed by atoms with Crippen molar-refractivity contribution in [2.45, 2.75) is 32.9 Å². The van der Waals surface area contributed by atoms with Crippen LogP contribution in [0.4, 0.5) is 11.4 Å². The molecule has 1 aromatic carbocycles. The van der Waals surface area contributed by atoms with Gasteiger partial charge in [-0.3, -0.25) is 14.3 Å². The third kappa shape index (κ3) is 2.65. The second-order valence-corrected chi connectivity index (χ2v) is 5.63. The highest BCUT2D eigenvalue weighted by molar-refractivity contribution is 6.18. The van der Waals surface area contributed by atoms with E-state index in [9.17, 15) is 9.59 Å². The number of carbonyl (C=O) groups excluding carboxylic acids is 2. The first-order valence-corrected chi connectivity index (χ1v) is 7.37. The summed E-state index contributed by atoms with van der Waals surface area (Å²) in [4.78, 5) is 24.9. The quantitative estimate of drug-likeness (QED) is 0.848. The summed E-state index contributed by atoms with van der Waals surface area (Å²) in [5.74, 6) is -0.579. The molecule has 0 spiro atoms. The maximum atomic E-state index is 12.5. The van der Waals surface area contributed by atoms with Crippen LogP contribution in [-0.2, 0) is 16.1 Å². The lowest BCUT2D eigenvalue weighted by atomic mass is 10.0. The predicted octanol–water partition coefficient (Wildman–Crippen LogP) is 1.94. The average Bonchev–Trinajstić information content (AvgIpc) is 2.96. The summed E-state index contributed by atoms with van der Waals surface area (Å²) in [6.45, 7) is 6.00. The highest BCUT2D eigenvalue weighted by Crippen LogP contribution is 2.34. The molecule has 2 aromatic rings. The molecule has 0 radical (unpaired) electrons. The molecule has 7 nitrogen and oxygen atoms in total. The second-order valence-electron chi connectivity index (χ2n) is 5.63. The van der Waals surface area contributed by atoms with Crippen LogP contribution in [0.25, 0.3) is 0 Å². The Hall–Kier alpha value is -2.83. The molecule has 0 saturated heterocycles. The van der Waals surface area contributed by atoms with Gasteiger partial charge in [0.05, 0.1) is 17.6 Å². The predicted molar refractivity (Wildman–Crippen MR) is 85.4 cm³/mol. The Labute approximate surface area is 133 Å². The maximum absolute atomic E-state index is 12.5. The Morgan fingerprint density at radius 3 is 2.96 bits per heavy atom. The van der Waals surface area contributed by atoms with Gasteiger partial charge >= 0.3 is 0 Å². The van der Waals surface area contributed by atoms with E-state index in [4.69, 9.17) is 4.74 Å².